The molecule has 1 heterocycles. The van der Waals surface area contributed by atoms with Crippen molar-refractivity contribution >= 4 is 35.8 Å². The normalized spacial score (nSPS) is 19.8. The summed E-state index contributed by atoms with van der Waals surface area (Å²) in [6.07, 6.45) is 2.52. The molecule has 0 radical (unpaired) electrons. The lowest BCUT2D eigenvalue weighted by Crippen LogP contribution is -2.47. The van der Waals surface area contributed by atoms with Gasteiger partial charge in [-0.3, -0.25) is 9.79 Å². The summed E-state index contributed by atoms with van der Waals surface area (Å²) in [6.45, 7) is 5.00. The Bertz CT molecular complexity index is 299. The van der Waals surface area contributed by atoms with E-state index in [1.165, 1.54) is 0 Å². The predicted octanol–water partition coefficient (Wildman–Crippen LogP) is 0.150. The molecule has 0 bridgehead atoms. The molecule has 1 unspecified atom stereocenters. The molecule has 1 fully saturated rings. The summed E-state index contributed by atoms with van der Waals surface area (Å²) in [4.78, 5) is 17.5. The number of piperidine rings is 1. The van der Waals surface area contributed by atoms with Crippen LogP contribution < -0.4 is 11.1 Å². The molecule has 1 atom stereocenters. The first-order valence-corrected chi connectivity index (χ1v) is 6.59. The van der Waals surface area contributed by atoms with Gasteiger partial charge in [-0.25, -0.2) is 0 Å². The van der Waals surface area contributed by atoms with E-state index < -0.39 is 0 Å². The summed E-state index contributed by atoms with van der Waals surface area (Å²) < 4.78 is 0. The Morgan fingerprint density at radius 1 is 1.58 bits per heavy atom. The molecule has 0 aromatic rings. The van der Waals surface area contributed by atoms with Gasteiger partial charge in [-0.2, -0.15) is 0 Å². The minimum absolute atomic E-state index is 0. The third-order valence-electron chi connectivity index (χ3n) is 3.00. The molecule has 112 valence electrons. The lowest BCUT2D eigenvalue weighted by atomic mass is 9.95. The van der Waals surface area contributed by atoms with Gasteiger partial charge in [0.25, 0.3) is 0 Å². The molecule has 6 nitrogen and oxygen atoms in total. The highest BCUT2D eigenvalue weighted by Gasteiger charge is 2.23. The molecule has 7 heteroatoms. The van der Waals surface area contributed by atoms with Crippen molar-refractivity contribution in [3.63, 3.8) is 0 Å². The number of carbonyl (C=O) groups is 1. The number of aliphatic hydroxyl groups is 1. The minimum Gasteiger partial charge on any atom is -0.394 e. The molecule has 0 saturated carbocycles. The number of primary amides is 1. The van der Waals surface area contributed by atoms with E-state index >= 15 is 0 Å². The van der Waals surface area contributed by atoms with Gasteiger partial charge < -0.3 is 21.1 Å². The lowest BCUT2D eigenvalue weighted by Gasteiger charge is -2.34. The molecular weight excluding hydrogens is 359 g/mol. The highest BCUT2D eigenvalue weighted by Crippen LogP contribution is 2.19. The summed E-state index contributed by atoms with van der Waals surface area (Å²) in [5.74, 6) is 0.897. The number of halogens is 1. The Balaban J connectivity index is 0.00000324. The Hall–Kier alpha value is -0.570. The van der Waals surface area contributed by atoms with Crippen LogP contribution in [0.5, 0.6) is 0 Å². The first-order chi connectivity index (χ1) is 8.67. The Kier molecular flexibility index (Phi) is 9.94. The van der Waals surface area contributed by atoms with Crippen molar-refractivity contribution in [2.24, 2.45) is 16.6 Å². The van der Waals surface area contributed by atoms with Crippen LogP contribution in [0.4, 0.5) is 0 Å². The smallest absolute Gasteiger partial charge is 0.217 e. The summed E-state index contributed by atoms with van der Waals surface area (Å²) >= 11 is 0. The summed E-state index contributed by atoms with van der Waals surface area (Å²) in [5, 5.41) is 12.0. The molecule has 19 heavy (non-hydrogen) atoms. The van der Waals surface area contributed by atoms with Gasteiger partial charge in [0, 0.05) is 26.1 Å². The monoisotopic (exact) mass is 384 g/mol. The van der Waals surface area contributed by atoms with Crippen LogP contribution in [-0.4, -0.2) is 54.7 Å². The number of rotatable bonds is 5. The zero-order chi connectivity index (χ0) is 13.4. The van der Waals surface area contributed by atoms with E-state index in [1.54, 1.807) is 0 Å². The molecule has 1 aliphatic rings. The van der Waals surface area contributed by atoms with Crippen molar-refractivity contribution in [3.05, 3.63) is 0 Å². The third kappa shape index (κ3) is 6.95. The number of aliphatic hydroxyl groups excluding tert-OH is 1. The third-order valence-corrected chi connectivity index (χ3v) is 3.00. The van der Waals surface area contributed by atoms with Crippen molar-refractivity contribution < 1.29 is 9.90 Å². The van der Waals surface area contributed by atoms with Crippen molar-refractivity contribution in [1.82, 2.24) is 10.2 Å². The molecule has 1 rings (SSSR count). The van der Waals surface area contributed by atoms with Crippen LogP contribution in [0.1, 0.15) is 26.2 Å². The number of nitrogens with two attached hydrogens (primary N) is 1. The van der Waals surface area contributed by atoms with Gasteiger partial charge in [-0.05, 0) is 25.7 Å². The number of guanidine groups is 1. The zero-order valence-electron chi connectivity index (χ0n) is 11.5. The first-order valence-electron chi connectivity index (χ1n) is 6.59. The fourth-order valence-electron chi connectivity index (χ4n) is 2.29. The van der Waals surface area contributed by atoms with Gasteiger partial charge in [0.1, 0.15) is 0 Å². The fraction of sp³-hybridized carbons (Fsp3) is 0.833. The SMILES string of the molecule is CCNC(=NCCO)N1CCCC(CC(N)=O)C1.I. The molecule has 1 saturated heterocycles. The van der Waals surface area contributed by atoms with Gasteiger partial charge in [-0.1, -0.05) is 0 Å². The van der Waals surface area contributed by atoms with E-state index in [2.05, 4.69) is 15.2 Å². The van der Waals surface area contributed by atoms with Gasteiger partial charge in [0.2, 0.25) is 5.91 Å². The molecular formula is C12H25IN4O2. The highest BCUT2D eigenvalue weighted by atomic mass is 127. The van der Waals surface area contributed by atoms with E-state index in [-0.39, 0.29) is 36.5 Å². The maximum absolute atomic E-state index is 11.0. The first kappa shape index (κ1) is 18.4. The van der Waals surface area contributed by atoms with Gasteiger partial charge >= 0.3 is 0 Å². The second-order valence-corrected chi connectivity index (χ2v) is 4.58. The van der Waals surface area contributed by atoms with E-state index in [1.807, 2.05) is 6.92 Å². The Morgan fingerprint density at radius 3 is 2.89 bits per heavy atom. The van der Waals surface area contributed by atoms with E-state index in [4.69, 9.17) is 10.8 Å². The number of likely N-dealkylation sites (tertiary alicyclic amines) is 1. The minimum atomic E-state index is -0.237. The largest absolute Gasteiger partial charge is 0.394 e. The van der Waals surface area contributed by atoms with Crippen LogP contribution in [-0.2, 0) is 4.79 Å². The molecule has 1 aliphatic heterocycles. The maximum Gasteiger partial charge on any atom is 0.217 e. The average Bonchev–Trinajstić information content (AvgIpc) is 2.34. The number of hydrogen-bond acceptors (Lipinski definition) is 3. The summed E-state index contributed by atoms with van der Waals surface area (Å²) in [6, 6.07) is 0. The molecule has 0 aromatic carbocycles. The van der Waals surface area contributed by atoms with Crippen molar-refractivity contribution in [2.75, 3.05) is 32.8 Å². The summed E-state index contributed by atoms with van der Waals surface area (Å²) in [7, 11) is 0. The molecule has 1 amide bonds. The second kappa shape index (κ2) is 10.2. The Labute approximate surface area is 131 Å². The molecule has 0 aliphatic carbocycles. The van der Waals surface area contributed by atoms with Crippen LogP contribution in [0.3, 0.4) is 0 Å². The van der Waals surface area contributed by atoms with E-state index in [0.717, 1.165) is 38.4 Å². The van der Waals surface area contributed by atoms with E-state index in [9.17, 15) is 4.79 Å². The van der Waals surface area contributed by atoms with Gasteiger partial charge in [-0.15, -0.1) is 24.0 Å². The van der Waals surface area contributed by atoms with Crippen molar-refractivity contribution in [1.29, 1.82) is 0 Å². The van der Waals surface area contributed by atoms with Crippen LogP contribution in [0.15, 0.2) is 4.99 Å². The van der Waals surface area contributed by atoms with Gasteiger partial charge in [0.05, 0.1) is 13.2 Å². The van der Waals surface area contributed by atoms with Crippen molar-refractivity contribution in [3.8, 4) is 0 Å². The molecule has 0 spiro atoms. The van der Waals surface area contributed by atoms with Gasteiger partial charge in [0.15, 0.2) is 5.96 Å². The van der Waals surface area contributed by atoms with Crippen LogP contribution >= 0.6 is 24.0 Å². The van der Waals surface area contributed by atoms with Crippen LogP contribution in [0, 0.1) is 5.92 Å². The predicted molar refractivity (Wildman–Crippen MR) is 86.6 cm³/mol. The number of carbonyl (C=O) groups excluding carboxylic acids is 1. The average molecular weight is 384 g/mol. The highest BCUT2D eigenvalue weighted by molar-refractivity contribution is 14.0. The molecule has 0 aromatic heterocycles. The fourth-order valence-corrected chi connectivity index (χ4v) is 2.29. The van der Waals surface area contributed by atoms with Crippen LogP contribution in [0.2, 0.25) is 0 Å². The van der Waals surface area contributed by atoms with E-state index in [0.29, 0.717) is 18.9 Å². The maximum atomic E-state index is 11.0. The van der Waals surface area contributed by atoms with Crippen molar-refractivity contribution in [2.45, 2.75) is 26.2 Å². The second-order valence-electron chi connectivity index (χ2n) is 4.58. The number of hydrogen-bond donors (Lipinski definition) is 3. The zero-order valence-corrected chi connectivity index (χ0v) is 13.8. The number of nitrogens with one attached hydrogen (secondary N) is 1. The lowest BCUT2D eigenvalue weighted by molar-refractivity contribution is -0.119. The number of amides is 1. The number of aliphatic imine (C=N–C) groups is 1. The summed E-state index contributed by atoms with van der Waals surface area (Å²) in [5.41, 5.74) is 5.25. The Morgan fingerprint density at radius 2 is 2.32 bits per heavy atom. The van der Waals surface area contributed by atoms with Crippen LogP contribution in [0.25, 0.3) is 0 Å². The standard InChI is InChI=1S/C12H24N4O2.HI/c1-2-14-12(15-5-7-17)16-6-3-4-10(9-16)8-11(13)18;/h10,17H,2-9H2,1H3,(H2,13,18)(H,14,15);1H. The number of nitrogens with zero attached hydrogens (tertiary/aromatic N) is 2. The quantitative estimate of drug-likeness (QED) is 0.358. The topological polar surface area (TPSA) is 91.0 Å². The molecule has 4 N–H and O–H groups in total.